The van der Waals surface area contributed by atoms with Gasteiger partial charge in [-0.05, 0) is 44.9 Å². The first-order chi connectivity index (χ1) is 10.6. The predicted molar refractivity (Wildman–Crippen MR) is 85.8 cm³/mol. The van der Waals surface area contributed by atoms with Crippen LogP contribution in [0.4, 0.5) is 0 Å². The number of imidazole rings is 1. The van der Waals surface area contributed by atoms with Crippen molar-refractivity contribution in [3.8, 4) is 0 Å². The molecule has 0 aliphatic carbocycles. The minimum Gasteiger partial charge on any atom is -0.347 e. The summed E-state index contributed by atoms with van der Waals surface area (Å²) < 4.78 is 1.88. The Morgan fingerprint density at radius 3 is 2.55 bits per heavy atom. The second-order valence-corrected chi connectivity index (χ2v) is 6.68. The van der Waals surface area contributed by atoms with Gasteiger partial charge >= 0.3 is 0 Å². The molecule has 1 unspecified atom stereocenters. The van der Waals surface area contributed by atoms with Crippen molar-refractivity contribution in [2.75, 3.05) is 7.05 Å². The molecule has 1 aromatic carbocycles. The Balaban J connectivity index is 1.53. The molecular weight excluding hydrogens is 276 g/mol. The molecule has 0 saturated carbocycles. The van der Waals surface area contributed by atoms with E-state index < -0.39 is 0 Å². The van der Waals surface area contributed by atoms with Crippen LogP contribution in [-0.4, -0.2) is 45.5 Å². The molecule has 4 rings (SSSR count). The zero-order chi connectivity index (χ0) is 15.3. The lowest BCUT2D eigenvalue weighted by molar-refractivity contribution is 0.0869. The van der Waals surface area contributed by atoms with Crippen molar-refractivity contribution in [2.45, 2.75) is 43.8 Å². The van der Waals surface area contributed by atoms with Crippen LogP contribution in [0.15, 0.2) is 24.3 Å². The first-order valence-electron chi connectivity index (χ1n) is 8.07. The van der Waals surface area contributed by atoms with Crippen LogP contribution >= 0.6 is 0 Å². The van der Waals surface area contributed by atoms with Gasteiger partial charge in [-0.1, -0.05) is 12.1 Å². The monoisotopic (exact) mass is 298 g/mol. The number of hydrogen-bond acceptors (Lipinski definition) is 3. The number of fused-ring (bicyclic) bond motifs is 3. The summed E-state index contributed by atoms with van der Waals surface area (Å²) in [5, 5.41) is 3.21. The largest absolute Gasteiger partial charge is 0.347 e. The molecule has 1 amide bonds. The molecule has 3 heterocycles. The number of amides is 1. The number of benzene rings is 1. The molecule has 3 atom stereocenters. The molecule has 1 aromatic heterocycles. The van der Waals surface area contributed by atoms with Crippen LogP contribution in [0.25, 0.3) is 11.0 Å². The summed E-state index contributed by atoms with van der Waals surface area (Å²) in [6, 6.07) is 9.40. The number of para-hydroxylation sites is 2. The van der Waals surface area contributed by atoms with E-state index in [-0.39, 0.29) is 11.9 Å². The Bertz CT molecular complexity index is 709. The van der Waals surface area contributed by atoms with Gasteiger partial charge in [0.05, 0.1) is 11.0 Å². The van der Waals surface area contributed by atoms with Crippen LogP contribution in [0.3, 0.4) is 0 Å². The summed E-state index contributed by atoms with van der Waals surface area (Å²) in [7, 11) is 4.12. The van der Waals surface area contributed by atoms with Crippen molar-refractivity contribution in [3.05, 3.63) is 30.1 Å². The van der Waals surface area contributed by atoms with E-state index >= 15 is 0 Å². The second-order valence-electron chi connectivity index (χ2n) is 6.68. The summed E-state index contributed by atoms with van der Waals surface area (Å²) in [6.07, 6.45) is 4.64. The van der Waals surface area contributed by atoms with Gasteiger partial charge in [0.25, 0.3) is 5.91 Å². The number of carbonyl (C=O) groups is 1. The molecule has 5 nitrogen and oxygen atoms in total. The lowest BCUT2D eigenvalue weighted by Gasteiger charge is -2.36. The number of aromatic nitrogens is 2. The summed E-state index contributed by atoms with van der Waals surface area (Å²) >= 11 is 0. The lowest BCUT2D eigenvalue weighted by atomic mass is 9.98. The lowest BCUT2D eigenvalue weighted by Crippen LogP contribution is -2.49. The Kier molecular flexibility index (Phi) is 3.18. The molecule has 2 bridgehead atoms. The number of carbonyl (C=O) groups excluding carboxylic acids is 1. The van der Waals surface area contributed by atoms with Gasteiger partial charge < -0.3 is 14.8 Å². The van der Waals surface area contributed by atoms with Gasteiger partial charge in [-0.25, -0.2) is 4.98 Å². The maximum absolute atomic E-state index is 12.6. The van der Waals surface area contributed by atoms with E-state index in [1.807, 2.05) is 35.9 Å². The summed E-state index contributed by atoms with van der Waals surface area (Å²) in [6.45, 7) is 0. The van der Waals surface area contributed by atoms with Gasteiger partial charge in [0.15, 0.2) is 5.82 Å². The van der Waals surface area contributed by atoms with E-state index in [0.29, 0.717) is 17.9 Å². The van der Waals surface area contributed by atoms with Crippen molar-refractivity contribution in [2.24, 2.45) is 7.05 Å². The van der Waals surface area contributed by atoms with Crippen LogP contribution < -0.4 is 5.32 Å². The van der Waals surface area contributed by atoms with Gasteiger partial charge in [-0.15, -0.1) is 0 Å². The van der Waals surface area contributed by atoms with E-state index in [9.17, 15) is 4.79 Å². The highest BCUT2D eigenvalue weighted by molar-refractivity contribution is 5.94. The molecule has 2 aromatic rings. The van der Waals surface area contributed by atoms with Crippen LogP contribution in [0.5, 0.6) is 0 Å². The summed E-state index contributed by atoms with van der Waals surface area (Å²) in [4.78, 5) is 19.6. The number of aryl methyl sites for hydroxylation is 1. The number of nitrogens with one attached hydrogen (secondary N) is 1. The molecule has 0 spiro atoms. The molecule has 5 heteroatoms. The first kappa shape index (κ1) is 13.8. The fourth-order valence-electron chi connectivity index (χ4n) is 4.13. The molecule has 1 N–H and O–H groups in total. The predicted octanol–water partition coefficient (Wildman–Crippen LogP) is 1.93. The highest BCUT2D eigenvalue weighted by Gasteiger charge is 2.39. The van der Waals surface area contributed by atoms with Gasteiger partial charge in [0.1, 0.15) is 0 Å². The molecule has 2 saturated heterocycles. The van der Waals surface area contributed by atoms with Crippen LogP contribution in [0.2, 0.25) is 0 Å². The van der Waals surface area contributed by atoms with E-state index in [2.05, 4.69) is 22.2 Å². The Labute approximate surface area is 130 Å². The standard InChI is InChI=1S/C17H22N4O/c1-20-12-7-8-13(20)10-11(9-12)18-17(22)16-19-14-5-3-4-6-15(14)21(16)2/h3-6,11-13H,7-10H2,1-2H3,(H,18,22)/t11?,12-,13+. The van der Waals surface area contributed by atoms with Crippen molar-refractivity contribution in [3.63, 3.8) is 0 Å². The second kappa shape index (κ2) is 5.09. The minimum atomic E-state index is -0.0485. The average Bonchev–Trinajstić information content (AvgIpc) is 2.93. The van der Waals surface area contributed by atoms with Gasteiger partial charge in [0, 0.05) is 25.2 Å². The maximum Gasteiger partial charge on any atom is 0.287 e. The highest BCUT2D eigenvalue weighted by atomic mass is 16.2. The highest BCUT2D eigenvalue weighted by Crippen LogP contribution is 2.34. The average molecular weight is 298 g/mol. The number of piperidine rings is 1. The Hall–Kier alpha value is -1.88. The molecular formula is C17H22N4O. The van der Waals surface area contributed by atoms with Crippen molar-refractivity contribution in [1.29, 1.82) is 0 Å². The zero-order valence-corrected chi connectivity index (χ0v) is 13.1. The van der Waals surface area contributed by atoms with Crippen molar-refractivity contribution < 1.29 is 4.79 Å². The Morgan fingerprint density at radius 1 is 1.18 bits per heavy atom. The topological polar surface area (TPSA) is 50.2 Å². The maximum atomic E-state index is 12.6. The summed E-state index contributed by atoms with van der Waals surface area (Å²) in [5.74, 6) is 0.458. The van der Waals surface area contributed by atoms with Gasteiger partial charge in [-0.3, -0.25) is 4.79 Å². The third-order valence-electron chi connectivity index (χ3n) is 5.42. The minimum absolute atomic E-state index is 0.0485. The molecule has 2 fully saturated rings. The van der Waals surface area contributed by atoms with Gasteiger partial charge in [0.2, 0.25) is 0 Å². The molecule has 2 aliphatic heterocycles. The van der Waals surface area contributed by atoms with E-state index in [1.54, 1.807) is 0 Å². The van der Waals surface area contributed by atoms with Crippen LogP contribution in [0.1, 0.15) is 36.3 Å². The fourth-order valence-corrected chi connectivity index (χ4v) is 4.13. The third kappa shape index (κ3) is 2.11. The normalized spacial score (nSPS) is 28.2. The van der Waals surface area contributed by atoms with Crippen LogP contribution in [-0.2, 0) is 7.05 Å². The smallest absolute Gasteiger partial charge is 0.287 e. The number of hydrogen-bond donors (Lipinski definition) is 1. The molecule has 2 aliphatic rings. The SMILES string of the molecule is CN1[C@@H]2CC[C@H]1CC(NC(=O)c1nc3ccccc3n1C)C2. The van der Waals surface area contributed by atoms with E-state index in [4.69, 9.17) is 0 Å². The number of rotatable bonds is 2. The quantitative estimate of drug-likeness (QED) is 0.921. The van der Waals surface area contributed by atoms with Crippen molar-refractivity contribution in [1.82, 2.24) is 19.8 Å². The fraction of sp³-hybridized carbons (Fsp3) is 0.529. The first-order valence-corrected chi connectivity index (χ1v) is 8.07. The third-order valence-corrected chi connectivity index (χ3v) is 5.42. The zero-order valence-electron chi connectivity index (χ0n) is 13.1. The summed E-state index contributed by atoms with van der Waals surface area (Å²) in [5.41, 5.74) is 1.87. The Morgan fingerprint density at radius 2 is 1.86 bits per heavy atom. The number of nitrogens with zero attached hydrogens (tertiary/aromatic N) is 3. The molecule has 116 valence electrons. The van der Waals surface area contributed by atoms with E-state index in [0.717, 1.165) is 23.9 Å². The van der Waals surface area contributed by atoms with Crippen molar-refractivity contribution >= 4 is 16.9 Å². The van der Waals surface area contributed by atoms with E-state index in [1.165, 1.54) is 12.8 Å². The molecule has 22 heavy (non-hydrogen) atoms. The molecule has 0 radical (unpaired) electrons. The van der Waals surface area contributed by atoms with Crippen LogP contribution in [0, 0.1) is 0 Å². The van der Waals surface area contributed by atoms with Gasteiger partial charge in [-0.2, -0.15) is 0 Å².